The molecule has 10 heteroatoms. The molecule has 2 rings (SSSR count). The highest BCUT2D eigenvalue weighted by atomic mass is 16.6. The highest BCUT2D eigenvalue weighted by molar-refractivity contribution is 5.98. The van der Waals surface area contributed by atoms with Gasteiger partial charge in [0.2, 0.25) is 0 Å². The Kier molecular flexibility index (Phi) is 11.0. The zero-order valence-corrected chi connectivity index (χ0v) is 20.9. The number of ether oxygens (including phenoxy) is 5. The molecule has 0 radical (unpaired) electrons. The van der Waals surface area contributed by atoms with Gasteiger partial charge in [-0.1, -0.05) is 34.6 Å². The molecule has 34 heavy (non-hydrogen) atoms. The summed E-state index contributed by atoms with van der Waals surface area (Å²) in [6, 6.07) is 0.313. The third kappa shape index (κ3) is 7.82. The number of nitrogens with zero attached hydrogens (tertiary/aromatic N) is 1. The minimum Gasteiger partial charge on any atom is -0.503 e. The molecule has 1 saturated heterocycles. The summed E-state index contributed by atoms with van der Waals surface area (Å²) in [5.41, 5.74) is -0.268. The van der Waals surface area contributed by atoms with Crippen LogP contribution in [0.5, 0.6) is 11.5 Å². The summed E-state index contributed by atoms with van der Waals surface area (Å²) < 4.78 is 28.8. The normalized spacial score (nSPS) is 23.7. The zero-order chi connectivity index (χ0) is 25.3. The van der Waals surface area contributed by atoms with Gasteiger partial charge in [-0.2, -0.15) is 0 Å². The predicted molar refractivity (Wildman–Crippen MR) is 124 cm³/mol. The summed E-state index contributed by atoms with van der Waals surface area (Å²) in [5.74, 6) is -1.16. The van der Waals surface area contributed by atoms with E-state index in [4.69, 9.17) is 23.7 Å². The molecule has 0 bridgehead atoms. The number of carbonyl (C=O) groups is 2. The first-order valence-electron chi connectivity index (χ1n) is 11.7. The quantitative estimate of drug-likeness (QED) is 0.483. The molecular formula is C24H38N2O8. The average molecular weight is 483 g/mol. The van der Waals surface area contributed by atoms with E-state index in [1.165, 1.54) is 19.4 Å². The van der Waals surface area contributed by atoms with Gasteiger partial charge in [0.25, 0.3) is 5.91 Å². The number of carbonyl (C=O) groups excluding carboxylic acids is 2. The monoisotopic (exact) mass is 482 g/mol. The fourth-order valence-electron chi connectivity index (χ4n) is 3.39. The van der Waals surface area contributed by atoms with Crippen LogP contribution in [0.4, 0.5) is 0 Å². The van der Waals surface area contributed by atoms with E-state index in [0.29, 0.717) is 25.6 Å². The minimum absolute atomic E-state index is 0.0924. The van der Waals surface area contributed by atoms with Gasteiger partial charge >= 0.3 is 5.97 Å². The van der Waals surface area contributed by atoms with Gasteiger partial charge in [0.1, 0.15) is 18.3 Å². The fourth-order valence-corrected chi connectivity index (χ4v) is 3.39. The standard InChI is InChI=1S/C24H38N2O8/c1-7-17-22(33-11-15(4)5)19(32-10-14(2)3)13-31-12-16(24(29)34-17)26-23(28)20-21(27)18(30-6)8-9-25-20/h8-9,14-17,19,22,27H,7,10-13H2,1-6H3,(H,26,28)/t16-,17-,19+,22+/m1/s1. The van der Waals surface area contributed by atoms with E-state index < -0.39 is 42.0 Å². The summed E-state index contributed by atoms with van der Waals surface area (Å²) in [5, 5.41) is 12.8. The van der Waals surface area contributed by atoms with E-state index in [0.717, 1.165) is 0 Å². The second-order valence-electron chi connectivity index (χ2n) is 9.11. The van der Waals surface area contributed by atoms with Crippen molar-refractivity contribution in [1.29, 1.82) is 0 Å². The molecule has 2 N–H and O–H groups in total. The number of cyclic esters (lactones) is 1. The van der Waals surface area contributed by atoms with Crippen molar-refractivity contribution in [3.63, 3.8) is 0 Å². The molecule has 0 unspecified atom stereocenters. The fraction of sp³-hybridized carbons (Fsp3) is 0.708. The van der Waals surface area contributed by atoms with Crippen LogP contribution >= 0.6 is 0 Å². The number of nitrogens with one attached hydrogen (secondary N) is 1. The second kappa shape index (κ2) is 13.5. The molecule has 1 aromatic rings. The van der Waals surface area contributed by atoms with Gasteiger partial charge in [0, 0.05) is 25.5 Å². The molecule has 2 heterocycles. The van der Waals surface area contributed by atoms with Crippen LogP contribution in [0.1, 0.15) is 51.5 Å². The average Bonchev–Trinajstić information content (AvgIpc) is 2.85. The predicted octanol–water partition coefficient (Wildman–Crippen LogP) is 2.33. The summed E-state index contributed by atoms with van der Waals surface area (Å²) in [4.78, 5) is 29.7. The smallest absolute Gasteiger partial charge is 0.331 e. The lowest BCUT2D eigenvalue weighted by Gasteiger charge is -2.33. The van der Waals surface area contributed by atoms with E-state index in [9.17, 15) is 14.7 Å². The highest BCUT2D eigenvalue weighted by Crippen LogP contribution is 2.27. The maximum atomic E-state index is 13.0. The number of hydrogen-bond acceptors (Lipinski definition) is 9. The number of rotatable bonds is 10. The largest absolute Gasteiger partial charge is 0.503 e. The van der Waals surface area contributed by atoms with Crippen LogP contribution in [-0.4, -0.2) is 79.9 Å². The van der Waals surface area contributed by atoms with Crippen molar-refractivity contribution in [2.75, 3.05) is 33.5 Å². The maximum Gasteiger partial charge on any atom is 0.331 e. The van der Waals surface area contributed by atoms with Gasteiger partial charge < -0.3 is 34.1 Å². The SMILES string of the molecule is CC[C@H]1OC(=O)[C@H](NC(=O)c2nccc(OC)c2O)COC[C@H](OCC(C)C)[C@H]1OCC(C)C. The van der Waals surface area contributed by atoms with Gasteiger partial charge in [0.05, 0.1) is 20.3 Å². The van der Waals surface area contributed by atoms with E-state index in [-0.39, 0.29) is 30.6 Å². The maximum absolute atomic E-state index is 13.0. The Balaban J connectivity index is 2.22. The van der Waals surface area contributed by atoms with Crippen molar-refractivity contribution in [2.45, 2.75) is 65.4 Å². The lowest BCUT2D eigenvalue weighted by molar-refractivity contribution is -0.173. The third-order valence-corrected chi connectivity index (χ3v) is 5.15. The Morgan fingerprint density at radius 1 is 1.21 bits per heavy atom. The minimum atomic E-state index is -1.11. The van der Waals surface area contributed by atoms with Crippen LogP contribution in [0, 0.1) is 11.8 Å². The van der Waals surface area contributed by atoms with Gasteiger partial charge in [0.15, 0.2) is 23.2 Å². The van der Waals surface area contributed by atoms with Crippen LogP contribution < -0.4 is 10.1 Å². The zero-order valence-electron chi connectivity index (χ0n) is 20.9. The first-order chi connectivity index (χ1) is 16.2. The molecule has 10 nitrogen and oxygen atoms in total. The van der Waals surface area contributed by atoms with Crippen molar-refractivity contribution < 1.29 is 38.4 Å². The summed E-state index contributed by atoms with van der Waals surface area (Å²) >= 11 is 0. The van der Waals surface area contributed by atoms with Crippen LogP contribution in [0.3, 0.4) is 0 Å². The molecule has 4 atom stereocenters. The Morgan fingerprint density at radius 2 is 1.88 bits per heavy atom. The van der Waals surface area contributed by atoms with Crippen LogP contribution in [0.15, 0.2) is 12.3 Å². The molecule has 1 amide bonds. The summed E-state index contributed by atoms with van der Waals surface area (Å²) in [6.45, 7) is 11.1. The second-order valence-corrected chi connectivity index (χ2v) is 9.11. The number of hydrogen-bond donors (Lipinski definition) is 2. The van der Waals surface area contributed by atoms with Crippen molar-refractivity contribution in [3.8, 4) is 11.5 Å². The molecule has 1 aromatic heterocycles. The first kappa shape index (κ1) is 27.8. The molecule has 192 valence electrons. The van der Waals surface area contributed by atoms with Crippen molar-refractivity contribution >= 4 is 11.9 Å². The molecule has 0 aliphatic carbocycles. The van der Waals surface area contributed by atoms with Crippen LogP contribution in [0.2, 0.25) is 0 Å². The van der Waals surface area contributed by atoms with Crippen LogP contribution in [0.25, 0.3) is 0 Å². The number of amides is 1. The molecule has 0 saturated carbocycles. The lowest BCUT2D eigenvalue weighted by atomic mass is 10.0. The number of aromatic nitrogens is 1. The topological polar surface area (TPSA) is 125 Å². The number of pyridine rings is 1. The van der Waals surface area contributed by atoms with E-state index in [1.807, 2.05) is 34.6 Å². The highest BCUT2D eigenvalue weighted by Gasteiger charge is 2.38. The van der Waals surface area contributed by atoms with E-state index in [1.54, 1.807) is 0 Å². The number of aromatic hydroxyl groups is 1. The van der Waals surface area contributed by atoms with Gasteiger partial charge in [-0.05, 0) is 18.3 Å². The Labute approximate surface area is 201 Å². The molecular weight excluding hydrogens is 444 g/mol. The molecule has 0 aromatic carbocycles. The van der Waals surface area contributed by atoms with Crippen molar-refractivity contribution in [3.05, 3.63) is 18.0 Å². The van der Waals surface area contributed by atoms with Gasteiger partial charge in [-0.25, -0.2) is 9.78 Å². The third-order valence-electron chi connectivity index (χ3n) is 5.15. The summed E-state index contributed by atoms with van der Waals surface area (Å²) in [7, 11) is 1.36. The van der Waals surface area contributed by atoms with Crippen molar-refractivity contribution in [2.24, 2.45) is 11.8 Å². The Bertz CT molecular complexity index is 801. The van der Waals surface area contributed by atoms with Crippen molar-refractivity contribution in [1.82, 2.24) is 10.3 Å². The number of esters is 1. The molecule has 1 fully saturated rings. The molecule has 0 spiro atoms. The first-order valence-corrected chi connectivity index (χ1v) is 11.7. The molecule has 1 aliphatic heterocycles. The van der Waals surface area contributed by atoms with Gasteiger partial charge in [-0.3, -0.25) is 4.79 Å². The molecule has 1 aliphatic rings. The van der Waals surface area contributed by atoms with Crippen LogP contribution in [-0.2, 0) is 23.7 Å². The Morgan fingerprint density at radius 3 is 2.50 bits per heavy atom. The Hall–Kier alpha value is -2.43. The lowest BCUT2D eigenvalue weighted by Crippen LogP contribution is -2.48. The van der Waals surface area contributed by atoms with Gasteiger partial charge in [-0.15, -0.1) is 0 Å². The van der Waals surface area contributed by atoms with E-state index in [2.05, 4.69) is 10.3 Å². The van der Waals surface area contributed by atoms with E-state index >= 15 is 0 Å². The summed E-state index contributed by atoms with van der Waals surface area (Å²) in [6.07, 6.45) is 0.264. The number of methoxy groups -OCH3 is 1.